The standard InChI is InChI=1S/C14H22N2O3/c1-2-3-4-5-6-7-10-19-14-9-8-12(16(17)18)11-13(14)15/h8-9,11H,2-7,10,15H2,1H3. The van der Waals surface area contributed by atoms with Gasteiger partial charge in [-0.05, 0) is 12.5 Å². The summed E-state index contributed by atoms with van der Waals surface area (Å²) < 4.78 is 5.53. The van der Waals surface area contributed by atoms with Gasteiger partial charge in [-0.15, -0.1) is 0 Å². The van der Waals surface area contributed by atoms with E-state index in [4.69, 9.17) is 10.5 Å². The van der Waals surface area contributed by atoms with Gasteiger partial charge in [-0.2, -0.15) is 0 Å². The number of nitro benzene ring substituents is 1. The topological polar surface area (TPSA) is 78.4 Å². The largest absolute Gasteiger partial charge is 0.491 e. The predicted octanol–water partition coefficient (Wildman–Crippen LogP) is 3.92. The van der Waals surface area contributed by atoms with E-state index in [0.29, 0.717) is 18.0 Å². The van der Waals surface area contributed by atoms with Crippen LogP contribution in [0.2, 0.25) is 0 Å². The highest BCUT2D eigenvalue weighted by atomic mass is 16.6. The lowest BCUT2D eigenvalue weighted by molar-refractivity contribution is -0.384. The lowest BCUT2D eigenvalue weighted by atomic mass is 10.1. The summed E-state index contributed by atoms with van der Waals surface area (Å²) in [5.41, 5.74) is 6.02. The summed E-state index contributed by atoms with van der Waals surface area (Å²) in [6, 6.07) is 4.30. The molecule has 0 heterocycles. The summed E-state index contributed by atoms with van der Waals surface area (Å²) in [5.74, 6) is 0.527. The van der Waals surface area contributed by atoms with Crippen LogP contribution in [0.15, 0.2) is 18.2 Å². The fourth-order valence-electron chi connectivity index (χ4n) is 1.85. The summed E-state index contributed by atoms with van der Waals surface area (Å²) in [6.07, 6.45) is 7.17. The molecule has 0 aliphatic heterocycles. The number of nitro groups is 1. The third-order valence-corrected chi connectivity index (χ3v) is 2.96. The number of ether oxygens (including phenoxy) is 1. The van der Waals surface area contributed by atoms with Gasteiger partial charge >= 0.3 is 0 Å². The summed E-state index contributed by atoms with van der Waals surface area (Å²) in [6.45, 7) is 2.80. The molecule has 0 aliphatic carbocycles. The molecular weight excluding hydrogens is 244 g/mol. The van der Waals surface area contributed by atoms with Gasteiger partial charge in [0.1, 0.15) is 5.75 Å². The van der Waals surface area contributed by atoms with Crippen molar-refractivity contribution in [3.8, 4) is 5.75 Å². The van der Waals surface area contributed by atoms with Crippen molar-refractivity contribution >= 4 is 11.4 Å². The molecular formula is C14H22N2O3. The average molecular weight is 266 g/mol. The van der Waals surface area contributed by atoms with Gasteiger partial charge in [0.15, 0.2) is 0 Å². The molecule has 0 unspecified atom stereocenters. The number of rotatable bonds is 9. The lowest BCUT2D eigenvalue weighted by Gasteiger charge is -2.08. The highest BCUT2D eigenvalue weighted by Crippen LogP contribution is 2.26. The molecule has 1 aromatic rings. The Labute approximate surface area is 113 Å². The van der Waals surface area contributed by atoms with E-state index < -0.39 is 4.92 Å². The fraction of sp³-hybridized carbons (Fsp3) is 0.571. The third-order valence-electron chi connectivity index (χ3n) is 2.96. The van der Waals surface area contributed by atoms with E-state index in [1.165, 1.54) is 37.8 Å². The van der Waals surface area contributed by atoms with Gasteiger partial charge in [0.05, 0.1) is 17.2 Å². The van der Waals surface area contributed by atoms with E-state index in [9.17, 15) is 10.1 Å². The SMILES string of the molecule is CCCCCCCCOc1ccc([N+](=O)[O-])cc1N. The minimum Gasteiger partial charge on any atom is -0.491 e. The van der Waals surface area contributed by atoms with Crippen molar-refractivity contribution in [3.05, 3.63) is 28.3 Å². The number of hydrogen-bond acceptors (Lipinski definition) is 4. The van der Waals surface area contributed by atoms with Crippen molar-refractivity contribution < 1.29 is 9.66 Å². The Hall–Kier alpha value is -1.78. The monoisotopic (exact) mass is 266 g/mol. The van der Waals surface area contributed by atoms with Gasteiger partial charge in [-0.3, -0.25) is 10.1 Å². The molecule has 2 N–H and O–H groups in total. The Morgan fingerprint density at radius 1 is 1.21 bits per heavy atom. The Balaban J connectivity index is 2.28. The zero-order chi connectivity index (χ0) is 14.1. The molecule has 0 saturated heterocycles. The summed E-state index contributed by atoms with van der Waals surface area (Å²) in [4.78, 5) is 10.1. The molecule has 0 aromatic heterocycles. The summed E-state index contributed by atoms with van der Waals surface area (Å²) >= 11 is 0. The van der Waals surface area contributed by atoms with Gasteiger partial charge in [-0.1, -0.05) is 39.0 Å². The van der Waals surface area contributed by atoms with Crippen molar-refractivity contribution in [2.75, 3.05) is 12.3 Å². The minimum absolute atomic E-state index is 0.00980. The maximum absolute atomic E-state index is 10.6. The van der Waals surface area contributed by atoms with Crippen molar-refractivity contribution in [3.63, 3.8) is 0 Å². The van der Waals surface area contributed by atoms with Gasteiger partial charge in [-0.25, -0.2) is 0 Å². The molecule has 1 aromatic carbocycles. The number of hydrogen-bond donors (Lipinski definition) is 1. The third kappa shape index (κ3) is 5.59. The van der Waals surface area contributed by atoms with Crippen molar-refractivity contribution in [1.82, 2.24) is 0 Å². The number of benzene rings is 1. The fourth-order valence-corrected chi connectivity index (χ4v) is 1.85. The van der Waals surface area contributed by atoms with Crippen LogP contribution in [0.25, 0.3) is 0 Å². The number of non-ortho nitro benzene ring substituents is 1. The van der Waals surface area contributed by atoms with E-state index in [0.717, 1.165) is 12.8 Å². The second-order valence-corrected chi connectivity index (χ2v) is 4.60. The molecule has 0 amide bonds. The van der Waals surface area contributed by atoms with Crippen molar-refractivity contribution in [2.24, 2.45) is 0 Å². The number of unbranched alkanes of at least 4 members (excludes halogenated alkanes) is 5. The molecule has 0 spiro atoms. The molecule has 5 nitrogen and oxygen atoms in total. The number of nitrogen functional groups attached to an aromatic ring is 1. The summed E-state index contributed by atoms with van der Waals surface area (Å²) in [5, 5.41) is 10.6. The zero-order valence-corrected chi connectivity index (χ0v) is 11.4. The van der Waals surface area contributed by atoms with Crippen LogP contribution in [0.4, 0.5) is 11.4 Å². The molecule has 0 radical (unpaired) electrons. The molecule has 5 heteroatoms. The van der Waals surface area contributed by atoms with Crippen LogP contribution in [0.1, 0.15) is 45.4 Å². The number of anilines is 1. The van der Waals surface area contributed by atoms with E-state index in [2.05, 4.69) is 6.92 Å². The van der Waals surface area contributed by atoms with E-state index in [1.807, 2.05) is 0 Å². The van der Waals surface area contributed by atoms with Gasteiger partial charge in [0.2, 0.25) is 0 Å². The van der Waals surface area contributed by atoms with Crippen LogP contribution in [0, 0.1) is 10.1 Å². The molecule has 0 saturated carbocycles. The Bertz CT molecular complexity index is 408. The van der Waals surface area contributed by atoms with Crippen LogP contribution in [-0.2, 0) is 0 Å². The molecule has 0 atom stereocenters. The van der Waals surface area contributed by atoms with Gasteiger partial charge in [0, 0.05) is 12.1 Å². The summed E-state index contributed by atoms with van der Waals surface area (Å²) in [7, 11) is 0. The Morgan fingerprint density at radius 2 is 1.89 bits per heavy atom. The normalized spacial score (nSPS) is 10.4. The molecule has 1 rings (SSSR count). The zero-order valence-electron chi connectivity index (χ0n) is 11.4. The maximum atomic E-state index is 10.6. The van der Waals surface area contributed by atoms with Gasteiger partial charge < -0.3 is 10.5 Å². The highest BCUT2D eigenvalue weighted by molar-refractivity contribution is 5.58. The second kappa shape index (κ2) is 8.34. The second-order valence-electron chi connectivity index (χ2n) is 4.60. The van der Waals surface area contributed by atoms with E-state index >= 15 is 0 Å². The van der Waals surface area contributed by atoms with Crippen LogP contribution in [-0.4, -0.2) is 11.5 Å². The first-order chi connectivity index (χ1) is 9.15. The predicted molar refractivity (Wildman–Crippen MR) is 76.4 cm³/mol. The smallest absolute Gasteiger partial charge is 0.271 e. The number of nitrogens with zero attached hydrogens (tertiary/aromatic N) is 1. The van der Waals surface area contributed by atoms with Crippen LogP contribution in [0.3, 0.4) is 0 Å². The Morgan fingerprint density at radius 3 is 2.53 bits per heavy atom. The van der Waals surface area contributed by atoms with Crippen molar-refractivity contribution in [2.45, 2.75) is 45.4 Å². The first kappa shape index (κ1) is 15.3. The highest BCUT2D eigenvalue weighted by Gasteiger charge is 2.09. The van der Waals surface area contributed by atoms with Crippen LogP contribution < -0.4 is 10.5 Å². The number of nitrogens with two attached hydrogens (primary N) is 1. The van der Waals surface area contributed by atoms with E-state index in [-0.39, 0.29) is 5.69 Å². The molecule has 0 aliphatic rings. The Kier molecular flexibility index (Phi) is 6.71. The minimum atomic E-state index is -0.464. The lowest BCUT2D eigenvalue weighted by Crippen LogP contribution is -2.01. The van der Waals surface area contributed by atoms with Gasteiger partial charge in [0.25, 0.3) is 5.69 Å². The molecule has 19 heavy (non-hydrogen) atoms. The molecule has 0 fully saturated rings. The quantitative estimate of drug-likeness (QED) is 0.318. The first-order valence-corrected chi connectivity index (χ1v) is 6.82. The molecule has 106 valence electrons. The maximum Gasteiger partial charge on any atom is 0.271 e. The van der Waals surface area contributed by atoms with Crippen LogP contribution in [0.5, 0.6) is 5.75 Å². The van der Waals surface area contributed by atoms with Crippen LogP contribution >= 0.6 is 0 Å². The average Bonchev–Trinajstić information content (AvgIpc) is 2.39. The van der Waals surface area contributed by atoms with Crippen molar-refractivity contribution in [1.29, 1.82) is 0 Å². The molecule has 0 bridgehead atoms. The first-order valence-electron chi connectivity index (χ1n) is 6.82. The van der Waals surface area contributed by atoms with E-state index in [1.54, 1.807) is 6.07 Å².